The Labute approximate surface area is 108 Å². The molecule has 0 bridgehead atoms. The summed E-state index contributed by atoms with van der Waals surface area (Å²) in [5.74, 6) is 1.09. The first-order valence-electron chi connectivity index (χ1n) is 6.58. The van der Waals surface area contributed by atoms with Gasteiger partial charge in [0.25, 0.3) is 0 Å². The Morgan fingerprint density at radius 2 is 1.89 bits per heavy atom. The van der Waals surface area contributed by atoms with Crippen molar-refractivity contribution >= 4 is 0 Å². The Balaban J connectivity index is 2.17. The van der Waals surface area contributed by atoms with Crippen molar-refractivity contribution in [3.63, 3.8) is 0 Å². The van der Waals surface area contributed by atoms with Gasteiger partial charge in [0.15, 0.2) is 0 Å². The van der Waals surface area contributed by atoms with E-state index in [1.807, 2.05) is 0 Å². The highest BCUT2D eigenvalue weighted by molar-refractivity contribution is 5.75. The number of para-hydroxylation sites is 1. The number of rotatable bonds is 1. The van der Waals surface area contributed by atoms with Crippen molar-refractivity contribution < 1.29 is 4.74 Å². The van der Waals surface area contributed by atoms with E-state index in [1.54, 1.807) is 0 Å². The fraction of sp³-hybridized carbons (Fsp3) is 0.294. The molecule has 0 unspecified atom stereocenters. The zero-order valence-electron chi connectivity index (χ0n) is 11.0. The summed E-state index contributed by atoms with van der Waals surface area (Å²) in [5.41, 5.74) is 6.50. The van der Waals surface area contributed by atoms with Crippen molar-refractivity contribution in [1.29, 1.82) is 0 Å². The minimum absolute atomic E-state index is 0.842. The second-order valence-corrected chi connectivity index (χ2v) is 5.06. The molecule has 1 aliphatic heterocycles. The number of hydrogen-bond donors (Lipinski definition) is 0. The maximum atomic E-state index is 5.89. The van der Waals surface area contributed by atoms with Gasteiger partial charge in [-0.1, -0.05) is 42.0 Å². The highest BCUT2D eigenvalue weighted by Gasteiger charge is 2.16. The highest BCUT2D eigenvalue weighted by Crippen LogP contribution is 2.37. The van der Waals surface area contributed by atoms with Crippen LogP contribution in [0.15, 0.2) is 36.4 Å². The third-order valence-corrected chi connectivity index (χ3v) is 3.61. The van der Waals surface area contributed by atoms with Gasteiger partial charge in [0, 0.05) is 5.56 Å². The zero-order valence-corrected chi connectivity index (χ0v) is 11.0. The summed E-state index contributed by atoms with van der Waals surface area (Å²) < 4.78 is 5.89. The van der Waals surface area contributed by atoms with Crippen LogP contribution in [-0.2, 0) is 6.42 Å². The lowest BCUT2D eigenvalue weighted by Crippen LogP contribution is -2.09. The topological polar surface area (TPSA) is 9.23 Å². The highest BCUT2D eigenvalue weighted by atomic mass is 16.5. The minimum Gasteiger partial charge on any atom is -0.493 e. The molecular weight excluding hydrogens is 220 g/mol. The fourth-order valence-electron chi connectivity index (χ4n) is 2.72. The van der Waals surface area contributed by atoms with Crippen LogP contribution in [0.4, 0.5) is 0 Å². The normalized spacial score (nSPS) is 13.9. The molecule has 1 aliphatic rings. The van der Waals surface area contributed by atoms with Crippen molar-refractivity contribution in [2.24, 2.45) is 0 Å². The van der Waals surface area contributed by atoms with Gasteiger partial charge in [0.1, 0.15) is 5.75 Å². The number of benzene rings is 2. The molecule has 0 N–H and O–H groups in total. The Hall–Kier alpha value is -1.76. The number of aryl methyl sites for hydroxylation is 3. The molecule has 0 radical (unpaired) electrons. The van der Waals surface area contributed by atoms with Crippen LogP contribution in [0.1, 0.15) is 23.1 Å². The van der Waals surface area contributed by atoms with Crippen LogP contribution in [0.3, 0.4) is 0 Å². The second kappa shape index (κ2) is 4.49. The van der Waals surface area contributed by atoms with E-state index in [0.717, 1.165) is 25.2 Å². The van der Waals surface area contributed by atoms with Crippen LogP contribution >= 0.6 is 0 Å². The van der Waals surface area contributed by atoms with Crippen molar-refractivity contribution in [3.05, 3.63) is 53.1 Å². The third-order valence-electron chi connectivity index (χ3n) is 3.61. The minimum atomic E-state index is 0.842. The summed E-state index contributed by atoms with van der Waals surface area (Å²) in [7, 11) is 0. The molecule has 92 valence electrons. The summed E-state index contributed by atoms with van der Waals surface area (Å²) in [4.78, 5) is 0. The van der Waals surface area contributed by atoms with Gasteiger partial charge in [-0.05, 0) is 43.4 Å². The molecule has 2 aromatic rings. The first-order chi connectivity index (χ1) is 8.75. The average molecular weight is 238 g/mol. The maximum Gasteiger partial charge on any atom is 0.130 e. The largest absolute Gasteiger partial charge is 0.493 e. The molecule has 0 saturated heterocycles. The summed E-state index contributed by atoms with van der Waals surface area (Å²) in [6, 6.07) is 13.1. The van der Waals surface area contributed by atoms with Crippen molar-refractivity contribution in [2.75, 3.05) is 6.61 Å². The fourth-order valence-corrected chi connectivity index (χ4v) is 2.72. The molecule has 1 heterocycles. The van der Waals surface area contributed by atoms with Gasteiger partial charge < -0.3 is 4.74 Å². The average Bonchev–Trinajstić information content (AvgIpc) is 2.38. The molecule has 0 fully saturated rings. The SMILES string of the molecule is Cc1ccc(-c2cccc3c2OCCC3)c(C)c1. The Morgan fingerprint density at radius 3 is 2.72 bits per heavy atom. The molecule has 0 saturated carbocycles. The quantitative estimate of drug-likeness (QED) is 0.720. The lowest BCUT2D eigenvalue weighted by atomic mass is 9.94. The van der Waals surface area contributed by atoms with Crippen LogP contribution in [0.25, 0.3) is 11.1 Å². The Kier molecular flexibility index (Phi) is 2.83. The zero-order chi connectivity index (χ0) is 12.5. The molecule has 3 rings (SSSR count). The molecular formula is C17H18O. The van der Waals surface area contributed by atoms with Gasteiger partial charge in [-0.25, -0.2) is 0 Å². The predicted molar refractivity (Wildman–Crippen MR) is 75.2 cm³/mol. The molecule has 1 nitrogen and oxygen atoms in total. The van der Waals surface area contributed by atoms with E-state index < -0.39 is 0 Å². The van der Waals surface area contributed by atoms with E-state index in [1.165, 1.54) is 27.8 Å². The first-order valence-corrected chi connectivity index (χ1v) is 6.58. The third kappa shape index (κ3) is 1.90. The second-order valence-electron chi connectivity index (χ2n) is 5.06. The van der Waals surface area contributed by atoms with Crippen LogP contribution < -0.4 is 4.74 Å². The van der Waals surface area contributed by atoms with Crippen LogP contribution in [0.5, 0.6) is 5.75 Å². The lowest BCUT2D eigenvalue weighted by molar-refractivity contribution is 0.289. The van der Waals surface area contributed by atoms with E-state index in [2.05, 4.69) is 50.2 Å². The standard InChI is InChI=1S/C17H18O/c1-12-8-9-15(13(2)11-12)16-7-3-5-14-6-4-10-18-17(14)16/h3,5,7-9,11H,4,6,10H2,1-2H3. The van der Waals surface area contributed by atoms with Gasteiger partial charge >= 0.3 is 0 Å². The van der Waals surface area contributed by atoms with E-state index in [4.69, 9.17) is 4.74 Å². The maximum absolute atomic E-state index is 5.89. The van der Waals surface area contributed by atoms with Gasteiger partial charge in [-0.3, -0.25) is 0 Å². The Bertz CT molecular complexity index is 584. The van der Waals surface area contributed by atoms with Crippen LogP contribution in [0.2, 0.25) is 0 Å². The monoisotopic (exact) mass is 238 g/mol. The number of ether oxygens (including phenoxy) is 1. The van der Waals surface area contributed by atoms with Gasteiger partial charge in [-0.15, -0.1) is 0 Å². The Morgan fingerprint density at radius 1 is 1.00 bits per heavy atom. The molecule has 1 heteroatoms. The van der Waals surface area contributed by atoms with Crippen LogP contribution in [0, 0.1) is 13.8 Å². The summed E-state index contributed by atoms with van der Waals surface area (Å²) in [6.07, 6.45) is 2.26. The van der Waals surface area contributed by atoms with Crippen molar-refractivity contribution in [3.8, 4) is 16.9 Å². The van der Waals surface area contributed by atoms with Crippen molar-refractivity contribution in [2.45, 2.75) is 26.7 Å². The lowest BCUT2D eigenvalue weighted by Gasteiger charge is -2.21. The number of hydrogen-bond acceptors (Lipinski definition) is 1. The smallest absolute Gasteiger partial charge is 0.130 e. The van der Waals surface area contributed by atoms with Gasteiger partial charge in [0.2, 0.25) is 0 Å². The molecule has 0 amide bonds. The predicted octanol–water partition coefficient (Wildman–Crippen LogP) is 4.30. The summed E-state index contributed by atoms with van der Waals surface area (Å²) >= 11 is 0. The number of fused-ring (bicyclic) bond motifs is 1. The van der Waals surface area contributed by atoms with E-state index in [0.29, 0.717) is 0 Å². The molecule has 18 heavy (non-hydrogen) atoms. The molecule has 0 aliphatic carbocycles. The van der Waals surface area contributed by atoms with E-state index in [9.17, 15) is 0 Å². The summed E-state index contributed by atoms with van der Waals surface area (Å²) in [5, 5.41) is 0. The van der Waals surface area contributed by atoms with Gasteiger partial charge in [-0.2, -0.15) is 0 Å². The van der Waals surface area contributed by atoms with Crippen LogP contribution in [-0.4, -0.2) is 6.61 Å². The van der Waals surface area contributed by atoms with E-state index >= 15 is 0 Å². The first kappa shape index (κ1) is 11.3. The van der Waals surface area contributed by atoms with E-state index in [-0.39, 0.29) is 0 Å². The molecule has 0 atom stereocenters. The molecule has 2 aromatic carbocycles. The molecule has 0 aromatic heterocycles. The van der Waals surface area contributed by atoms with Gasteiger partial charge in [0.05, 0.1) is 6.61 Å². The summed E-state index contributed by atoms with van der Waals surface area (Å²) in [6.45, 7) is 5.15. The molecule has 0 spiro atoms. The van der Waals surface area contributed by atoms with Crippen molar-refractivity contribution in [1.82, 2.24) is 0 Å².